The van der Waals surface area contributed by atoms with Crippen LogP contribution in [0.3, 0.4) is 0 Å². The van der Waals surface area contributed by atoms with Crippen molar-refractivity contribution in [3.05, 3.63) is 83.9 Å². The fourth-order valence-corrected chi connectivity index (χ4v) is 3.73. The normalized spacial score (nSPS) is 12.6. The Labute approximate surface area is 183 Å². The Morgan fingerprint density at radius 2 is 1.71 bits per heavy atom. The van der Waals surface area contributed by atoms with Crippen LogP contribution in [0.4, 0.5) is 5.69 Å². The summed E-state index contributed by atoms with van der Waals surface area (Å²) in [6, 6.07) is 23.8. The third kappa shape index (κ3) is 4.53. The van der Waals surface area contributed by atoms with E-state index in [1.807, 2.05) is 67.6 Å². The van der Waals surface area contributed by atoms with E-state index in [9.17, 15) is 4.79 Å². The smallest absolute Gasteiger partial charge is 0.231 e. The molecule has 0 saturated carbocycles. The van der Waals surface area contributed by atoms with E-state index in [2.05, 4.69) is 43.2 Å². The second-order valence-electron chi connectivity index (χ2n) is 8.89. The van der Waals surface area contributed by atoms with Gasteiger partial charge < -0.3 is 9.73 Å². The molecule has 158 valence electrons. The van der Waals surface area contributed by atoms with Crippen molar-refractivity contribution in [3.63, 3.8) is 0 Å². The number of fused-ring (bicyclic) bond motifs is 1. The Bertz CT molecular complexity index is 1190. The lowest BCUT2D eigenvalue weighted by Crippen LogP contribution is -2.20. The summed E-state index contributed by atoms with van der Waals surface area (Å²) in [5.41, 5.74) is 5.44. The number of aromatic nitrogens is 1. The number of nitrogens with zero attached hydrogens (tertiary/aromatic N) is 1. The van der Waals surface area contributed by atoms with Gasteiger partial charge in [0.2, 0.25) is 11.8 Å². The van der Waals surface area contributed by atoms with Crippen LogP contribution in [0.15, 0.2) is 77.2 Å². The highest BCUT2D eigenvalue weighted by Crippen LogP contribution is 2.29. The molecule has 0 radical (unpaired) electrons. The molecule has 4 heteroatoms. The van der Waals surface area contributed by atoms with Crippen LogP contribution in [0.25, 0.3) is 22.6 Å². The SMILES string of the molecule is CCC(C(=O)Nc1ccc2nc(-c3ccc(C(C)(C)C)cc3)oc2c1)c1ccccc1. The molecule has 1 atom stereocenters. The Kier molecular flexibility index (Phi) is 5.64. The van der Waals surface area contributed by atoms with Crippen LogP contribution in [-0.2, 0) is 10.2 Å². The van der Waals surface area contributed by atoms with Crippen LogP contribution in [0.1, 0.15) is 51.2 Å². The Morgan fingerprint density at radius 3 is 2.35 bits per heavy atom. The molecule has 1 N–H and O–H groups in total. The van der Waals surface area contributed by atoms with E-state index < -0.39 is 0 Å². The molecular formula is C27H28N2O2. The average Bonchev–Trinajstić information content (AvgIpc) is 3.18. The van der Waals surface area contributed by atoms with Crippen LogP contribution in [0.2, 0.25) is 0 Å². The van der Waals surface area contributed by atoms with Gasteiger partial charge in [-0.05, 0) is 47.2 Å². The van der Waals surface area contributed by atoms with Crippen LogP contribution in [0, 0.1) is 0 Å². The topological polar surface area (TPSA) is 55.1 Å². The van der Waals surface area contributed by atoms with Gasteiger partial charge in [-0.15, -0.1) is 0 Å². The highest BCUT2D eigenvalue weighted by atomic mass is 16.3. The number of rotatable bonds is 5. The highest BCUT2D eigenvalue weighted by Gasteiger charge is 2.19. The first-order valence-electron chi connectivity index (χ1n) is 10.7. The van der Waals surface area contributed by atoms with Crippen molar-refractivity contribution in [2.75, 3.05) is 5.32 Å². The number of oxazole rings is 1. The van der Waals surface area contributed by atoms with E-state index in [1.54, 1.807) is 0 Å². The largest absolute Gasteiger partial charge is 0.436 e. The average molecular weight is 413 g/mol. The van der Waals surface area contributed by atoms with E-state index in [0.29, 0.717) is 17.2 Å². The molecule has 0 bridgehead atoms. The van der Waals surface area contributed by atoms with Gasteiger partial charge in [-0.1, -0.05) is 70.2 Å². The van der Waals surface area contributed by atoms with Crippen molar-refractivity contribution in [2.45, 2.75) is 45.4 Å². The zero-order valence-electron chi connectivity index (χ0n) is 18.5. The minimum atomic E-state index is -0.191. The van der Waals surface area contributed by atoms with Crippen LogP contribution in [0.5, 0.6) is 0 Å². The van der Waals surface area contributed by atoms with Gasteiger partial charge in [-0.2, -0.15) is 0 Å². The van der Waals surface area contributed by atoms with E-state index in [1.165, 1.54) is 5.56 Å². The molecule has 3 aromatic carbocycles. The molecule has 1 amide bonds. The summed E-state index contributed by atoms with van der Waals surface area (Å²) in [5.74, 6) is 0.365. The maximum absolute atomic E-state index is 12.9. The minimum Gasteiger partial charge on any atom is -0.436 e. The van der Waals surface area contributed by atoms with Crippen molar-refractivity contribution in [3.8, 4) is 11.5 Å². The molecule has 0 aliphatic heterocycles. The van der Waals surface area contributed by atoms with Gasteiger partial charge >= 0.3 is 0 Å². The Morgan fingerprint density at radius 1 is 1.00 bits per heavy atom. The number of hydrogen-bond acceptors (Lipinski definition) is 3. The number of carbonyl (C=O) groups is 1. The molecule has 4 aromatic rings. The summed E-state index contributed by atoms with van der Waals surface area (Å²) in [6.45, 7) is 8.60. The van der Waals surface area contributed by atoms with Crippen LogP contribution < -0.4 is 5.32 Å². The lowest BCUT2D eigenvalue weighted by Gasteiger charge is -2.18. The zero-order chi connectivity index (χ0) is 22.0. The number of anilines is 1. The summed E-state index contributed by atoms with van der Waals surface area (Å²) in [7, 11) is 0. The fraction of sp³-hybridized carbons (Fsp3) is 0.259. The first-order chi connectivity index (χ1) is 14.8. The second kappa shape index (κ2) is 8.38. The molecule has 0 aliphatic rings. The standard InChI is InChI=1S/C27H28N2O2/c1-5-22(18-9-7-6-8-10-18)25(30)28-21-15-16-23-24(17-21)31-26(29-23)19-11-13-20(14-12-19)27(2,3)4/h6-17,22H,5H2,1-4H3,(H,28,30). The summed E-state index contributed by atoms with van der Waals surface area (Å²) in [5, 5.41) is 3.03. The molecule has 0 saturated heterocycles. The summed E-state index contributed by atoms with van der Waals surface area (Å²) in [6.07, 6.45) is 0.731. The Hall–Kier alpha value is -3.40. The van der Waals surface area contributed by atoms with Gasteiger partial charge in [0, 0.05) is 17.3 Å². The van der Waals surface area contributed by atoms with Gasteiger partial charge in [0.25, 0.3) is 0 Å². The first-order valence-corrected chi connectivity index (χ1v) is 10.7. The zero-order valence-corrected chi connectivity index (χ0v) is 18.5. The Balaban J connectivity index is 1.56. The molecular weight excluding hydrogens is 384 g/mol. The van der Waals surface area contributed by atoms with Crippen LogP contribution >= 0.6 is 0 Å². The van der Waals surface area contributed by atoms with Crippen molar-refractivity contribution >= 4 is 22.7 Å². The fourth-order valence-electron chi connectivity index (χ4n) is 3.73. The third-order valence-corrected chi connectivity index (χ3v) is 5.58. The maximum atomic E-state index is 12.9. The molecule has 0 aliphatic carbocycles. The van der Waals surface area contributed by atoms with Gasteiger partial charge in [-0.3, -0.25) is 4.79 Å². The predicted octanol–water partition coefficient (Wildman–Crippen LogP) is 6.92. The molecule has 4 nitrogen and oxygen atoms in total. The van der Waals surface area contributed by atoms with Crippen molar-refractivity contribution in [2.24, 2.45) is 0 Å². The molecule has 0 fully saturated rings. The van der Waals surface area contributed by atoms with Crippen molar-refractivity contribution < 1.29 is 9.21 Å². The van der Waals surface area contributed by atoms with E-state index in [-0.39, 0.29) is 17.2 Å². The summed E-state index contributed by atoms with van der Waals surface area (Å²) in [4.78, 5) is 17.5. The molecule has 1 heterocycles. The number of benzene rings is 3. The molecule has 1 unspecified atom stereocenters. The first kappa shape index (κ1) is 20.9. The monoisotopic (exact) mass is 412 g/mol. The highest BCUT2D eigenvalue weighted by molar-refractivity contribution is 5.97. The quantitative estimate of drug-likeness (QED) is 0.387. The number of amides is 1. The number of nitrogens with one attached hydrogen (secondary N) is 1. The molecule has 31 heavy (non-hydrogen) atoms. The number of hydrogen-bond donors (Lipinski definition) is 1. The van der Waals surface area contributed by atoms with E-state index in [0.717, 1.165) is 23.1 Å². The lowest BCUT2D eigenvalue weighted by molar-refractivity contribution is -0.117. The lowest BCUT2D eigenvalue weighted by atomic mass is 9.87. The van der Waals surface area contributed by atoms with E-state index >= 15 is 0 Å². The maximum Gasteiger partial charge on any atom is 0.231 e. The summed E-state index contributed by atoms with van der Waals surface area (Å²) < 4.78 is 6.01. The molecule has 4 rings (SSSR count). The van der Waals surface area contributed by atoms with Gasteiger partial charge in [-0.25, -0.2) is 4.98 Å². The third-order valence-electron chi connectivity index (χ3n) is 5.58. The summed E-state index contributed by atoms with van der Waals surface area (Å²) >= 11 is 0. The molecule has 0 spiro atoms. The number of carbonyl (C=O) groups excluding carboxylic acids is 1. The van der Waals surface area contributed by atoms with Gasteiger partial charge in [0.15, 0.2) is 5.58 Å². The van der Waals surface area contributed by atoms with E-state index in [4.69, 9.17) is 4.42 Å². The van der Waals surface area contributed by atoms with Crippen molar-refractivity contribution in [1.29, 1.82) is 0 Å². The second-order valence-corrected chi connectivity index (χ2v) is 8.89. The van der Waals surface area contributed by atoms with Gasteiger partial charge in [0.1, 0.15) is 5.52 Å². The van der Waals surface area contributed by atoms with Crippen molar-refractivity contribution in [1.82, 2.24) is 4.98 Å². The van der Waals surface area contributed by atoms with Gasteiger partial charge in [0.05, 0.1) is 5.92 Å². The minimum absolute atomic E-state index is 0.0226. The molecule has 1 aromatic heterocycles. The predicted molar refractivity (Wildman–Crippen MR) is 126 cm³/mol. The van der Waals surface area contributed by atoms with Crippen LogP contribution in [-0.4, -0.2) is 10.9 Å².